The molecule has 5 heteroatoms. The maximum atomic E-state index is 14.2. The molecule has 1 saturated heterocycles. The first-order valence-corrected chi connectivity index (χ1v) is 11.2. The van der Waals surface area contributed by atoms with Crippen LogP contribution in [0.25, 0.3) is 0 Å². The van der Waals surface area contributed by atoms with Crippen molar-refractivity contribution in [3.05, 3.63) is 95.8 Å². The number of rotatable bonds is 5. The van der Waals surface area contributed by atoms with E-state index in [1.165, 1.54) is 11.6 Å². The van der Waals surface area contributed by atoms with Gasteiger partial charge in [0.15, 0.2) is 0 Å². The van der Waals surface area contributed by atoms with Crippen LogP contribution in [0.5, 0.6) is 0 Å². The summed E-state index contributed by atoms with van der Waals surface area (Å²) in [5.74, 6) is 0.0819. The van der Waals surface area contributed by atoms with Crippen LogP contribution in [0.3, 0.4) is 0 Å². The average Bonchev–Trinajstić information content (AvgIpc) is 3.08. The molecule has 0 unspecified atom stereocenters. The monoisotopic (exact) mass is 427 g/mol. The van der Waals surface area contributed by atoms with Crippen molar-refractivity contribution in [2.24, 2.45) is 10.9 Å². The molecule has 5 rings (SSSR count). The van der Waals surface area contributed by atoms with E-state index in [0.717, 1.165) is 43.6 Å². The van der Waals surface area contributed by atoms with Crippen molar-refractivity contribution in [1.82, 2.24) is 4.90 Å². The van der Waals surface area contributed by atoms with Crippen molar-refractivity contribution in [2.75, 3.05) is 24.7 Å². The minimum atomic E-state index is -0.427. The smallest absolute Gasteiger partial charge is 0.278 e. The zero-order chi connectivity index (χ0) is 21.9. The van der Waals surface area contributed by atoms with Crippen LogP contribution in [0.4, 0.5) is 15.8 Å². The number of fused-ring (bicyclic) bond motifs is 1. The SMILES string of the molecule is O=C1C(=Nc2ccccc2F)c2ccccc2N1CN1CCC(Cc2ccccc2)CC1. The number of carbonyl (C=O) groups is 1. The minimum Gasteiger partial charge on any atom is -0.293 e. The summed E-state index contributed by atoms with van der Waals surface area (Å²) >= 11 is 0. The quantitative estimate of drug-likeness (QED) is 0.561. The molecule has 32 heavy (non-hydrogen) atoms. The summed E-state index contributed by atoms with van der Waals surface area (Å²) in [5.41, 5.74) is 3.50. The van der Waals surface area contributed by atoms with Crippen LogP contribution in [0.1, 0.15) is 24.0 Å². The van der Waals surface area contributed by atoms with Crippen LogP contribution in [-0.4, -0.2) is 36.3 Å². The zero-order valence-corrected chi connectivity index (χ0v) is 18.0. The number of carbonyl (C=O) groups excluding carboxylic acids is 1. The standard InChI is InChI=1S/C27H26FN3O/c28-23-11-5-6-12-24(23)29-26-22-10-4-7-13-25(22)31(27(26)32)19-30-16-14-21(15-17-30)18-20-8-2-1-3-9-20/h1-13,21H,14-19H2. The number of halogens is 1. The maximum absolute atomic E-state index is 14.2. The molecule has 3 aromatic rings. The van der Waals surface area contributed by atoms with Crippen LogP contribution < -0.4 is 4.90 Å². The molecular formula is C27H26FN3O. The maximum Gasteiger partial charge on any atom is 0.278 e. The predicted octanol–water partition coefficient (Wildman–Crippen LogP) is 5.21. The highest BCUT2D eigenvalue weighted by Gasteiger charge is 2.35. The molecule has 162 valence electrons. The van der Waals surface area contributed by atoms with Gasteiger partial charge in [0.05, 0.1) is 18.0 Å². The van der Waals surface area contributed by atoms with Gasteiger partial charge in [-0.1, -0.05) is 60.7 Å². The lowest BCUT2D eigenvalue weighted by atomic mass is 9.90. The molecule has 1 amide bonds. The number of likely N-dealkylation sites (tertiary alicyclic amines) is 1. The van der Waals surface area contributed by atoms with Gasteiger partial charge in [0, 0.05) is 18.7 Å². The first kappa shape index (κ1) is 20.6. The number of nitrogens with zero attached hydrogens (tertiary/aromatic N) is 3. The third kappa shape index (κ3) is 4.21. The molecule has 3 aromatic carbocycles. The van der Waals surface area contributed by atoms with E-state index in [2.05, 4.69) is 40.2 Å². The van der Waals surface area contributed by atoms with Gasteiger partial charge in [-0.2, -0.15) is 0 Å². The third-order valence-corrected chi connectivity index (χ3v) is 6.40. The van der Waals surface area contributed by atoms with E-state index in [0.29, 0.717) is 18.3 Å². The van der Waals surface area contributed by atoms with Crippen LogP contribution in [-0.2, 0) is 11.2 Å². The number of piperidine rings is 1. The molecule has 4 nitrogen and oxygen atoms in total. The van der Waals surface area contributed by atoms with Crippen molar-refractivity contribution >= 4 is 23.0 Å². The summed E-state index contributed by atoms with van der Waals surface area (Å²) in [4.78, 5) is 21.8. The molecular weight excluding hydrogens is 401 g/mol. The highest BCUT2D eigenvalue weighted by atomic mass is 19.1. The number of aliphatic imine (C=N–C) groups is 1. The van der Waals surface area contributed by atoms with Crippen molar-refractivity contribution < 1.29 is 9.18 Å². The van der Waals surface area contributed by atoms with Gasteiger partial charge in [0.2, 0.25) is 0 Å². The van der Waals surface area contributed by atoms with Crippen molar-refractivity contribution in [3.63, 3.8) is 0 Å². The Morgan fingerprint density at radius 2 is 1.56 bits per heavy atom. The van der Waals surface area contributed by atoms with Crippen molar-refractivity contribution in [3.8, 4) is 0 Å². The molecule has 0 aromatic heterocycles. The fraction of sp³-hybridized carbons (Fsp3) is 0.259. The Morgan fingerprint density at radius 1 is 0.875 bits per heavy atom. The predicted molar refractivity (Wildman–Crippen MR) is 126 cm³/mol. The Labute approximate surface area is 188 Å². The summed E-state index contributed by atoms with van der Waals surface area (Å²) in [6, 6.07) is 24.6. The second kappa shape index (κ2) is 9.05. The molecule has 0 radical (unpaired) electrons. The minimum absolute atomic E-state index is 0.166. The topological polar surface area (TPSA) is 35.9 Å². The molecule has 2 aliphatic rings. The van der Waals surface area contributed by atoms with Crippen LogP contribution in [0, 0.1) is 11.7 Å². The fourth-order valence-electron chi connectivity index (χ4n) is 4.65. The lowest BCUT2D eigenvalue weighted by Crippen LogP contribution is -2.44. The van der Waals surface area contributed by atoms with Gasteiger partial charge in [0.25, 0.3) is 5.91 Å². The first-order chi connectivity index (χ1) is 15.7. The average molecular weight is 428 g/mol. The number of amides is 1. The summed E-state index contributed by atoms with van der Waals surface area (Å²) < 4.78 is 14.2. The Balaban J connectivity index is 1.30. The molecule has 0 spiro atoms. The Morgan fingerprint density at radius 3 is 2.34 bits per heavy atom. The molecule has 1 fully saturated rings. The number of benzene rings is 3. The van der Waals surface area contributed by atoms with E-state index >= 15 is 0 Å². The summed E-state index contributed by atoms with van der Waals surface area (Å²) in [7, 11) is 0. The Kier molecular flexibility index (Phi) is 5.82. The lowest BCUT2D eigenvalue weighted by Gasteiger charge is -2.34. The van der Waals surface area contributed by atoms with Gasteiger partial charge in [-0.05, 0) is 48.9 Å². The van der Waals surface area contributed by atoms with Crippen LogP contribution in [0.15, 0.2) is 83.9 Å². The van der Waals surface area contributed by atoms with Crippen molar-refractivity contribution in [1.29, 1.82) is 0 Å². The molecule has 0 saturated carbocycles. The van der Waals surface area contributed by atoms with Gasteiger partial charge >= 0.3 is 0 Å². The molecule has 2 heterocycles. The van der Waals surface area contributed by atoms with Gasteiger partial charge < -0.3 is 0 Å². The summed E-state index contributed by atoms with van der Waals surface area (Å²) in [6.45, 7) is 2.46. The molecule has 0 aliphatic carbocycles. The van der Waals surface area contributed by atoms with E-state index in [9.17, 15) is 9.18 Å². The fourth-order valence-corrected chi connectivity index (χ4v) is 4.65. The van der Waals surface area contributed by atoms with Crippen LogP contribution >= 0.6 is 0 Å². The molecule has 0 N–H and O–H groups in total. The van der Waals surface area contributed by atoms with E-state index < -0.39 is 5.82 Å². The van der Waals surface area contributed by atoms with E-state index in [1.54, 1.807) is 23.1 Å². The molecule has 2 aliphatic heterocycles. The Hall–Kier alpha value is -3.31. The normalized spacial score (nSPS) is 18.3. The highest BCUT2D eigenvalue weighted by Crippen LogP contribution is 2.32. The van der Waals surface area contributed by atoms with Gasteiger partial charge in [-0.15, -0.1) is 0 Å². The zero-order valence-electron chi connectivity index (χ0n) is 18.0. The number of hydrogen-bond donors (Lipinski definition) is 0. The first-order valence-electron chi connectivity index (χ1n) is 11.2. The number of anilines is 1. The Bertz CT molecular complexity index is 1140. The largest absolute Gasteiger partial charge is 0.293 e. The van der Waals surface area contributed by atoms with Crippen LogP contribution in [0.2, 0.25) is 0 Å². The second-order valence-electron chi connectivity index (χ2n) is 8.55. The lowest BCUT2D eigenvalue weighted by molar-refractivity contribution is -0.112. The number of para-hydroxylation sites is 2. The highest BCUT2D eigenvalue weighted by molar-refractivity contribution is 6.54. The van der Waals surface area contributed by atoms with Gasteiger partial charge in [0.1, 0.15) is 11.5 Å². The molecule has 0 atom stereocenters. The molecule has 0 bridgehead atoms. The third-order valence-electron chi connectivity index (χ3n) is 6.40. The van der Waals surface area contributed by atoms with E-state index in [-0.39, 0.29) is 11.6 Å². The van der Waals surface area contributed by atoms with Gasteiger partial charge in [-0.25, -0.2) is 9.38 Å². The van der Waals surface area contributed by atoms with E-state index in [1.807, 2.05) is 24.3 Å². The second-order valence-corrected chi connectivity index (χ2v) is 8.55. The van der Waals surface area contributed by atoms with Gasteiger partial charge in [-0.3, -0.25) is 14.6 Å². The number of hydrogen-bond acceptors (Lipinski definition) is 3. The summed E-state index contributed by atoms with van der Waals surface area (Å²) in [6.07, 6.45) is 3.35. The van der Waals surface area contributed by atoms with Crippen molar-refractivity contribution in [2.45, 2.75) is 19.3 Å². The summed E-state index contributed by atoms with van der Waals surface area (Å²) in [5, 5.41) is 0. The van der Waals surface area contributed by atoms with E-state index in [4.69, 9.17) is 0 Å².